The van der Waals surface area contributed by atoms with Gasteiger partial charge in [0.05, 0.1) is 20.0 Å². The lowest BCUT2D eigenvalue weighted by molar-refractivity contribution is -0.975. The van der Waals surface area contributed by atoms with E-state index in [0.717, 1.165) is 24.0 Å². The number of quaternary nitrogens is 1. The molecule has 104 valence electrons. The minimum absolute atomic E-state index is 0.0144. The summed E-state index contributed by atoms with van der Waals surface area (Å²) in [5.41, 5.74) is 0.878. The highest BCUT2D eigenvalue weighted by Crippen LogP contribution is 2.31. The highest BCUT2D eigenvalue weighted by molar-refractivity contribution is 5.75. The van der Waals surface area contributed by atoms with Crippen LogP contribution in [0.3, 0.4) is 0 Å². The third kappa shape index (κ3) is 3.35. The number of hydrogen-bond acceptors (Lipinski definition) is 2. The van der Waals surface area contributed by atoms with Gasteiger partial charge in [-0.25, -0.2) is 4.79 Å². The molecule has 2 atom stereocenters. The minimum atomic E-state index is -0.399. The van der Waals surface area contributed by atoms with Crippen LogP contribution in [0.4, 0.5) is 0 Å². The molecule has 1 aromatic carbocycles. The van der Waals surface area contributed by atoms with Gasteiger partial charge in [-0.3, -0.25) is 0 Å². The molecule has 1 heterocycles. The summed E-state index contributed by atoms with van der Waals surface area (Å²) < 4.78 is 6.28. The first-order valence-corrected chi connectivity index (χ1v) is 6.91. The van der Waals surface area contributed by atoms with E-state index in [1.54, 1.807) is 0 Å². The van der Waals surface area contributed by atoms with Crippen molar-refractivity contribution in [2.75, 3.05) is 13.6 Å². The van der Waals surface area contributed by atoms with E-state index < -0.39 is 5.60 Å². The molecule has 0 spiro atoms. The predicted molar refractivity (Wildman–Crippen MR) is 75.4 cm³/mol. The highest BCUT2D eigenvalue weighted by atomic mass is 16.6. The summed E-state index contributed by atoms with van der Waals surface area (Å²) in [6, 6.07) is 10.3. The molecule has 3 nitrogen and oxygen atoms in total. The van der Waals surface area contributed by atoms with Gasteiger partial charge in [0.15, 0.2) is 6.04 Å². The molecule has 0 amide bonds. The fourth-order valence-electron chi connectivity index (χ4n) is 2.63. The minimum Gasteiger partial charge on any atom is -0.456 e. The first-order chi connectivity index (χ1) is 8.80. The molecule has 1 aliphatic heterocycles. The molecule has 0 aliphatic carbocycles. The molecule has 1 saturated heterocycles. The molecule has 0 saturated carbocycles. The van der Waals surface area contributed by atoms with Crippen LogP contribution in [0.2, 0.25) is 0 Å². The highest BCUT2D eigenvalue weighted by Gasteiger charge is 2.49. The number of esters is 1. The van der Waals surface area contributed by atoms with Gasteiger partial charge in [-0.2, -0.15) is 0 Å². The second-order valence-corrected chi connectivity index (χ2v) is 6.68. The lowest BCUT2D eigenvalue weighted by Crippen LogP contribution is -2.65. The Kier molecular flexibility index (Phi) is 3.68. The number of likely N-dealkylation sites (N-methyl/N-ethyl adjacent to an activating group) is 1. The molecule has 1 aromatic rings. The first kappa shape index (κ1) is 14.1. The quantitative estimate of drug-likeness (QED) is 0.618. The third-order valence-corrected chi connectivity index (χ3v) is 3.73. The van der Waals surface area contributed by atoms with Crippen molar-refractivity contribution in [3.8, 4) is 0 Å². The Morgan fingerprint density at radius 3 is 2.42 bits per heavy atom. The van der Waals surface area contributed by atoms with Crippen LogP contribution in [-0.2, 0) is 16.1 Å². The Bertz CT molecular complexity index is 450. The summed E-state index contributed by atoms with van der Waals surface area (Å²) in [5, 5.41) is 0. The second kappa shape index (κ2) is 4.97. The molecule has 1 fully saturated rings. The average molecular weight is 262 g/mol. The maximum absolute atomic E-state index is 12.2. The zero-order valence-electron chi connectivity index (χ0n) is 12.3. The molecule has 0 aromatic heterocycles. The van der Waals surface area contributed by atoms with Gasteiger partial charge in [0, 0.05) is 5.56 Å². The van der Waals surface area contributed by atoms with Crippen molar-refractivity contribution in [3.63, 3.8) is 0 Å². The van der Waals surface area contributed by atoms with Crippen LogP contribution in [0.15, 0.2) is 30.3 Å². The van der Waals surface area contributed by atoms with Crippen molar-refractivity contribution in [1.82, 2.24) is 0 Å². The Morgan fingerprint density at radius 1 is 1.32 bits per heavy atom. The van der Waals surface area contributed by atoms with Gasteiger partial charge >= 0.3 is 5.97 Å². The number of hydrogen-bond donors (Lipinski definition) is 0. The van der Waals surface area contributed by atoms with Gasteiger partial charge in [0.25, 0.3) is 0 Å². The normalized spacial score (nSPS) is 26.6. The molecule has 0 radical (unpaired) electrons. The number of benzene rings is 1. The van der Waals surface area contributed by atoms with Gasteiger partial charge in [-0.15, -0.1) is 0 Å². The van der Waals surface area contributed by atoms with Crippen LogP contribution in [0, 0.1) is 0 Å². The van der Waals surface area contributed by atoms with E-state index in [1.807, 2.05) is 39.0 Å². The van der Waals surface area contributed by atoms with Crippen molar-refractivity contribution in [1.29, 1.82) is 0 Å². The van der Waals surface area contributed by atoms with Crippen LogP contribution in [0.1, 0.15) is 32.8 Å². The Labute approximate surface area is 115 Å². The largest absolute Gasteiger partial charge is 0.456 e. The predicted octanol–water partition coefficient (Wildman–Crippen LogP) is 2.75. The molecule has 3 heteroatoms. The number of carbonyl (C=O) groups is 1. The molecule has 19 heavy (non-hydrogen) atoms. The summed E-state index contributed by atoms with van der Waals surface area (Å²) in [7, 11) is 2.14. The molecule has 0 N–H and O–H groups in total. The summed E-state index contributed by atoms with van der Waals surface area (Å²) in [6.07, 6.45) is 0.929. The van der Waals surface area contributed by atoms with E-state index in [0.29, 0.717) is 0 Å². The van der Waals surface area contributed by atoms with Crippen molar-refractivity contribution >= 4 is 5.97 Å². The van der Waals surface area contributed by atoms with E-state index in [-0.39, 0.29) is 12.0 Å². The zero-order chi connectivity index (χ0) is 14.1. The fraction of sp³-hybridized carbons (Fsp3) is 0.562. The number of likely N-dealkylation sites (tertiary alicyclic amines) is 1. The molecular weight excluding hydrogens is 238 g/mol. The van der Waals surface area contributed by atoms with Crippen LogP contribution >= 0.6 is 0 Å². The van der Waals surface area contributed by atoms with Gasteiger partial charge in [0.1, 0.15) is 12.1 Å². The number of rotatable bonds is 3. The fourth-order valence-corrected chi connectivity index (χ4v) is 2.63. The second-order valence-electron chi connectivity index (χ2n) is 6.68. The number of nitrogens with zero attached hydrogens (tertiary/aromatic N) is 1. The molecule has 2 rings (SSSR count). The summed E-state index contributed by atoms with van der Waals surface area (Å²) >= 11 is 0. The van der Waals surface area contributed by atoms with E-state index in [4.69, 9.17) is 4.74 Å². The van der Waals surface area contributed by atoms with Crippen LogP contribution < -0.4 is 0 Å². The van der Waals surface area contributed by atoms with E-state index in [1.165, 1.54) is 5.56 Å². The molecule has 0 bridgehead atoms. The lowest BCUT2D eigenvalue weighted by atomic mass is 9.97. The van der Waals surface area contributed by atoms with Gasteiger partial charge < -0.3 is 9.22 Å². The van der Waals surface area contributed by atoms with Crippen molar-refractivity contribution in [2.24, 2.45) is 0 Å². The lowest BCUT2D eigenvalue weighted by Gasteiger charge is -2.48. The van der Waals surface area contributed by atoms with Gasteiger partial charge in [-0.05, 0) is 20.8 Å². The SMILES string of the molecule is CC(C)(C)OC(=O)[C@H]1CC[N@+]1(C)Cc1ccccc1. The topological polar surface area (TPSA) is 26.3 Å². The van der Waals surface area contributed by atoms with E-state index in [2.05, 4.69) is 19.2 Å². The van der Waals surface area contributed by atoms with Crippen LogP contribution in [-0.4, -0.2) is 35.7 Å². The van der Waals surface area contributed by atoms with Crippen molar-refractivity contribution in [2.45, 2.75) is 45.4 Å². The number of carbonyl (C=O) groups excluding carboxylic acids is 1. The summed E-state index contributed by atoms with van der Waals surface area (Å²) in [5.74, 6) is -0.0582. The Balaban J connectivity index is 2.02. The summed E-state index contributed by atoms with van der Waals surface area (Å²) in [6.45, 7) is 7.70. The maximum atomic E-state index is 12.2. The van der Waals surface area contributed by atoms with Crippen LogP contribution in [0.5, 0.6) is 0 Å². The van der Waals surface area contributed by atoms with Crippen molar-refractivity contribution < 1.29 is 14.0 Å². The van der Waals surface area contributed by atoms with Gasteiger partial charge in [-0.1, -0.05) is 30.3 Å². The van der Waals surface area contributed by atoms with E-state index >= 15 is 0 Å². The third-order valence-electron chi connectivity index (χ3n) is 3.73. The summed E-state index contributed by atoms with van der Waals surface area (Å²) in [4.78, 5) is 12.2. The smallest absolute Gasteiger partial charge is 0.365 e. The zero-order valence-corrected chi connectivity index (χ0v) is 12.3. The Hall–Kier alpha value is -1.35. The Morgan fingerprint density at radius 2 is 1.95 bits per heavy atom. The average Bonchev–Trinajstić information content (AvgIpc) is 2.26. The van der Waals surface area contributed by atoms with Gasteiger partial charge in [0.2, 0.25) is 0 Å². The van der Waals surface area contributed by atoms with Crippen LogP contribution in [0.25, 0.3) is 0 Å². The monoisotopic (exact) mass is 262 g/mol. The molecular formula is C16H24NO2+. The maximum Gasteiger partial charge on any atom is 0.365 e. The molecule has 1 aliphatic rings. The standard InChI is InChI=1S/C16H24NO2/c1-16(2,3)19-15(18)14-10-11-17(14,4)12-13-8-6-5-7-9-13/h5-9,14H,10-12H2,1-4H3/q+1/t14-,17-/m1/s1. The first-order valence-electron chi connectivity index (χ1n) is 6.91. The molecule has 0 unspecified atom stereocenters. The van der Waals surface area contributed by atoms with Crippen molar-refractivity contribution in [3.05, 3.63) is 35.9 Å². The number of ether oxygens (including phenoxy) is 1. The van der Waals surface area contributed by atoms with E-state index in [9.17, 15) is 4.79 Å².